The number of amides is 1. The first-order valence-corrected chi connectivity index (χ1v) is 2.89. The summed E-state index contributed by atoms with van der Waals surface area (Å²) in [7, 11) is 6.29. The highest BCUT2D eigenvalue weighted by molar-refractivity contribution is 6.44. The van der Waals surface area contributed by atoms with Gasteiger partial charge in [-0.15, -0.1) is 0 Å². The molecule has 0 saturated heterocycles. The van der Waals surface area contributed by atoms with Crippen molar-refractivity contribution in [3.8, 4) is 0 Å². The van der Waals surface area contributed by atoms with Crippen molar-refractivity contribution < 1.29 is 4.79 Å². The van der Waals surface area contributed by atoms with Crippen molar-refractivity contribution in [2.75, 3.05) is 7.05 Å². The predicted molar refractivity (Wildman–Crippen MR) is 45.9 cm³/mol. The van der Waals surface area contributed by atoms with Crippen LogP contribution in [0.15, 0.2) is 22.6 Å². The first kappa shape index (κ1) is 9.61. The van der Waals surface area contributed by atoms with Gasteiger partial charge in [-0.2, -0.15) is 0 Å². The number of hydrogen-bond acceptors (Lipinski definition) is 2. The van der Waals surface area contributed by atoms with E-state index in [9.17, 15) is 4.79 Å². The van der Waals surface area contributed by atoms with Crippen molar-refractivity contribution >= 4 is 25.9 Å². The van der Waals surface area contributed by atoms with Crippen LogP contribution in [0.4, 0.5) is 0 Å². The summed E-state index contributed by atoms with van der Waals surface area (Å²) in [6.45, 7) is 3.38. The van der Waals surface area contributed by atoms with E-state index in [-0.39, 0.29) is 5.84 Å². The van der Waals surface area contributed by atoms with E-state index in [2.05, 4.69) is 16.6 Å². The number of amidine groups is 1. The van der Waals surface area contributed by atoms with Crippen molar-refractivity contribution in [2.45, 2.75) is 0 Å². The van der Waals surface area contributed by atoms with Crippen LogP contribution in [-0.4, -0.2) is 33.0 Å². The van der Waals surface area contributed by atoms with Gasteiger partial charge in [-0.25, -0.2) is 4.99 Å². The van der Waals surface area contributed by atoms with Gasteiger partial charge < -0.3 is 5.23 Å². The molecule has 0 bridgehead atoms. The third-order valence-corrected chi connectivity index (χ3v) is 0.848. The summed E-state index contributed by atoms with van der Waals surface area (Å²) in [5, 5.41) is 1.91. The Bertz CT molecular complexity index is 210. The van der Waals surface area contributed by atoms with E-state index in [4.69, 9.17) is 7.98 Å². The van der Waals surface area contributed by atoms with Crippen LogP contribution in [0.25, 0.3) is 0 Å². The average molecular weight is 149 g/mol. The second-order valence-corrected chi connectivity index (χ2v) is 1.53. The van der Waals surface area contributed by atoms with Crippen LogP contribution in [0, 0.1) is 0 Å². The first-order chi connectivity index (χ1) is 5.26. The fraction of sp³-hybridized carbons (Fsp3) is 0.167. The Balaban J connectivity index is 4.31. The molecule has 0 unspecified atom stereocenters. The molecule has 2 radical (unpaired) electrons. The molecule has 0 saturated carbocycles. The van der Waals surface area contributed by atoms with Crippen LogP contribution < -0.4 is 5.23 Å². The highest BCUT2D eigenvalue weighted by Crippen LogP contribution is 1.78. The maximum atomic E-state index is 10.7. The van der Waals surface area contributed by atoms with E-state index >= 15 is 0 Å². The molecule has 0 fully saturated rings. The van der Waals surface area contributed by atoms with E-state index in [1.807, 2.05) is 5.23 Å². The van der Waals surface area contributed by atoms with Gasteiger partial charge >= 0.3 is 0 Å². The van der Waals surface area contributed by atoms with Gasteiger partial charge in [0, 0.05) is 13.3 Å². The van der Waals surface area contributed by atoms with Crippen molar-refractivity contribution in [3.63, 3.8) is 0 Å². The fourth-order valence-electron chi connectivity index (χ4n) is 0.406. The minimum atomic E-state index is -0.523. The third kappa shape index (κ3) is 3.35. The van der Waals surface area contributed by atoms with Gasteiger partial charge in [-0.1, -0.05) is 12.7 Å². The van der Waals surface area contributed by atoms with Crippen molar-refractivity contribution in [1.29, 1.82) is 0 Å². The molecule has 0 aromatic rings. The molecular formula is C6H8BN3O. The summed E-state index contributed by atoms with van der Waals surface area (Å²) < 4.78 is 0. The molecule has 1 amide bonds. The van der Waals surface area contributed by atoms with Gasteiger partial charge in [-0.05, 0) is 0 Å². The number of allylic oxidation sites excluding steroid dienone is 1. The lowest BCUT2D eigenvalue weighted by Crippen LogP contribution is -2.27. The Kier molecular flexibility index (Phi) is 4.72. The van der Waals surface area contributed by atoms with Crippen LogP contribution in [0.2, 0.25) is 0 Å². The number of hydrogen-bond donors (Lipinski definition) is 1. The number of rotatable bonds is 1. The fourth-order valence-corrected chi connectivity index (χ4v) is 0.406. The summed E-state index contributed by atoms with van der Waals surface area (Å²) in [5.74, 6) is -0.502. The quantitative estimate of drug-likeness (QED) is 0.304. The average Bonchev–Trinajstić information content (AvgIpc) is 2.05. The number of aliphatic imine (C=N–C) groups is 2. The molecule has 0 rings (SSSR count). The van der Waals surface area contributed by atoms with Gasteiger partial charge in [0.25, 0.3) is 5.91 Å². The zero-order valence-electron chi connectivity index (χ0n) is 6.24. The molecule has 1 N–H and O–H groups in total. The summed E-state index contributed by atoms with van der Waals surface area (Å²) in [6.07, 6.45) is 2.80. The second kappa shape index (κ2) is 5.40. The van der Waals surface area contributed by atoms with Crippen LogP contribution in [-0.2, 0) is 4.79 Å². The van der Waals surface area contributed by atoms with Gasteiger partial charge in [-0.3, -0.25) is 9.79 Å². The largest absolute Gasteiger partial charge is 0.402 e. The van der Waals surface area contributed by atoms with Gasteiger partial charge in [0.1, 0.15) is 0 Å². The number of carbonyl (C=O) groups excluding carboxylic acids is 1. The first-order valence-electron chi connectivity index (χ1n) is 2.89. The Morgan fingerprint density at radius 2 is 2.36 bits per heavy atom. The zero-order valence-corrected chi connectivity index (χ0v) is 6.24. The molecule has 0 heterocycles. The molecule has 0 aliphatic rings. The van der Waals surface area contributed by atoms with Crippen LogP contribution in [0.1, 0.15) is 0 Å². The van der Waals surface area contributed by atoms with Crippen molar-refractivity contribution in [3.05, 3.63) is 12.7 Å². The summed E-state index contributed by atoms with van der Waals surface area (Å²) in [6, 6.07) is 0. The summed E-state index contributed by atoms with van der Waals surface area (Å²) in [5.41, 5.74) is 0. The number of carbonyl (C=O) groups is 1. The minimum absolute atomic E-state index is 0.0207. The highest BCUT2D eigenvalue weighted by atomic mass is 16.1. The monoisotopic (exact) mass is 149 g/mol. The number of nitrogens with one attached hydrogen (secondary N) is 1. The van der Waals surface area contributed by atoms with E-state index in [0.29, 0.717) is 0 Å². The molecular weight excluding hydrogens is 141 g/mol. The molecule has 0 spiro atoms. The lowest BCUT2D eigenvalue weighted by Gasteiger charge is -1.95. The SMILES string of the molecule is [B]NC(=O)C(N=CC=C)=NC. The normalized spacial score (nSPS) is 11.5. The molecule has 4 nitrogen and oxygen atoms in total. The zero-order chi connectivity index (χ0) is 8.69. The topological polar surface area (TPSA) is 53.8 Å². The molecule has 0 aliphatic heterocycles. The highest BCUT2D eigenvalue weighted by Gasteiger charge is 2.03. The molecule has 56 valence electrons. The lowest BCUT2D eigenvalue weighted by atomic mass is 10.4. The van der Waals surface area contributed by atoms with Crippen molar-refractivity contribution in [1.82, 2.24) is 5.23 Å². The van der Waals surface area contributed by atoms with E-state index in [0.717, 1.165) is 0 Å². The molecule has 5 heteroatoms. The second-order valence-electron chi connectivity index (χ2n) is 1.53. The Morgan fingerprint density at radius 1 is 1.73 bits per heavy atom. The lowest BCUT2D eigenvalue weighted by molar-refractivity contribution is -0.113. The third-order valence-electron chi connectivity index (χ3n) is 0.848. The van der Waals surface area contributed by atoms with Crippen LogP contribution in [0.3, 0.4) is 0 Å². The smallest absolute Gasteiger partial charge is 0.275 e. The maximum absolute atomic E-state index is 10.7. The predicted octanol–water partition coefficient (Wildman–Crippen LogP) is -0.529. The van der Waals surface area contributed by atoms with Gasteiger partial charge in [0.15, 0.2) is 0 Å². The van der Waals surface area contributed by atoms with E-state index < -0.39 is 5.91 Å². The minimum Gasteiger partial charge on any atom is -0.402 e. The van der Waals surface area contributed by atoms with Crippen LogP contribution >= 0.6 is 0 Å². The summed E-state index contributed by atoms with van der Waals surface area (Å²) in [4.78, 5) is 18.0. The molecule has 11 heavy (non-hydrogen) atoms. The maximum Gasteiger partial charge on any atom is 0.275 e. The Labute approximate surface area is 66.6 Å². The summed E-state index contributed by atoms with van der Waals surface area (Å²) >= 11 is 0. The molecule has 0 aromatic heterocycles. The standard InChI is InChI=1S/C6H8BN3O/c1-3-4-9-5(8-2)6(11)10-7/h3-4H,1H2,2H3,(H,10,11). The molecule has 0 aliphatic carbocycles. The molecule has 0 atom stereocenters. The van der Waals surface area contributed by atoms with Gasteiger partial charge in [0.2, 0.25) is 13.8 Å². The van der Waals surface area contributed by atoms with Gasteiger partial charge in [0.05, 0.1) is 0 Å². The Hall–Kier alpha value is -1.39. The van der Waals surface area contributed by atoms with Crippen LogP contribution in [0.5, 0.6) is 0 Å². The van der Waals surface area contributed by atoms with Crippen molar-refractivity contribution in [2.24, 2.45) is 9.98 Å². The van der Waals surface area contributed by atoms with E-state index in [1.165, 1.54) is 19.3 Å². The molecule has 0 aromatic carbocycles. The van der Waals surface area contributed by atoms with E-state index in [1.54, 1.807) is 0 Å². The Morgan fingerprint density at radius 3 is 2.73 bits per heavy atom. The number of nitrogens with zero attached hydrogens (tertiary/aromatic N) is 2.